The van der Waals surface area contributed by atoms with Crippen molar-refractivity contribution in [3.63, 3.8) is 0 Å². The van der Waals surface area contributed by atoms with Crippen LogP contribution < -0.4 is 10.5 Å². The highest BCUT2D eigenvalue weighted by Crippen LogP contribution is 2.22. The molecule has 0 aliphatic heterocycles. The van der Waals surface area contributed by atoms with E-state index >= 15 is 0 Å². The second kappa shape index (κ2) is 7.11. The fraction of sp³-hybridized carbons (Fsp3) is 0.500. The van der Waals surface area contributed by atoms with Crippen LogP contribution in [0.2, 0.25) is 0 Å². The van der Waals surface area contributed by atoms with Crippen molar-refractivity contribution in [3.05, 3.63) is 29.3 Å². The lowest BCUT2D eigenvalue weighted by atomic mass is 10.1. The molecular weight excluding hydrogens is 244 g/mol. The zero-order valence-corrected chi connectivity index (χ0v) is 11.7. The minimum absolute atomic E-state index is 0.0129. The number of rotatable bonds is 7. The number of carboxylic acid groups (broad SMARTS) is 1. The second-order valence-corrected chi connectivity index (χ2v) is 4.88. The van der Waals surface area contributed by atoms with Crippen molar-refractivity contribution < 1.29 is 14.6 Å². The van der Waals surface area contributed by atoms with Crippen LogP contribution in [0, 0.1) is 0 Å². The van der Waals surface area contributed by atoms with Gasteiger partial charge < -0.3 is 15.6 Å². The van der Waals surface area contributed by atoms with Gasteiger partial charge in [-0.1, -0.05) is 12.1 Å². The summed E-state index contributed by atoms with van der Waals surface area (Å²) in [6.45, 7) is 4.92. The molecule has 0 fully saturated rings. The lowest BCUT2D eigenvalue weighted by Crippen LogP contribution is -2.25. The molecule has 0 saturated carbocycles. The number of hydrogen-bond donors (Lipinski definition) is 2. The molecule has 0 radical (unpaired) electrons. The van der Waals surface area contributed by atoms with Gasteiger partial charge in [0.05, 0.1) is 12.6 Å². The molecular formula is C14H22N2O3. The van der Waals surface area contributed by atoms with Gasteiger partial charge >= 0.3 is 5.97 Å². The summed E-state index contributed by atoms with van der Waals surface area (Å²) in [6, 6.07) is 5.82. The molecule has 1 rings (SSSR count). The van der Waals surface area contributed by atoms with Crippen molar-refractivity contribution >= 4 is 5.97 Å². The third-order valence-corrected chi connectivity index (χ3v) is 2.57. The van der Waals surface area contributed by atoms with Crippen molar-refractivity contribution in [2.75, 3.05) is 13.6 Å². The standard InChI is InChI=1S/C14H22N2O3/c1-10(2)19-13-6-11(4-5-12(13)7-15)8-16(3)9-14(17)18/h4-6,10H,7-9,15H2,1-3H3,(H,17,18). The first-order valence-corrected chi connectivity index (χ1v) is 6.31. The van der Waals surface area contributed by atoms with Crippen LogP contribution in [-0.4, -0.2) is 35.7 Å². The van der Waals surface area contributed by atoms with Crippen LogP contribution in [0.4, 0.5) is 0 Å². The SMILES string of the molecule is CC(C)Oc1cc(CN(C)CC(=O)O)ccc1CN. The number of nitrogens with two attached hydrogens (primary N) is 1. The predicted molar refractivity (Wildman–Crippen MR) is 74.1 cm³/mol. The maximum atomic E-state index is 10.6. The van der Waals surface area contributed by atoms with Crippen LogP contribution in [0.5, 0.6) is 5.75 Å². The largest absolute Gasteiger partial charge is 0.491 e. The Morgan fingerprint density at radius 2 is 2.16 bits per heavy atom. The first-order valence-electron chi connectivity index (χ1n) is 6.31. The van der Waals surface area contributed by atoms with Gasteiger partial charge in [0.1, 0.15) is 5.75 Å². The minimum atomic E-state index is -0.834. The molecule has 0 aromatic heterocycles. The first-order chi connectivity index (χ1) is 8.92. The Kier molecular flexibility index (Phi) is 5.79. The number of likely N-dealkylation sites (N-methyl/N-ethyl adjacent to an activating group) is 1. The average Bonchev–Trinajstić information content (AvgIpc) is 2.27. The van der Waals surface area contributed by atoms with Gasteiger partial charge in [-0.05, 0) is 32.5 Å². The van der Waals surface area contributed by atoms with E-state index in [2.05, 4.69) is 0 Å². The van der Waals surface area contributed by atoms with Gasteiger partial charge in [0.15, 0.2) is 0 Å². The fourth-order valence-electron chi connectivity index (χ4n) is 1.83. The second-order valence-electron chi connectivity index (χ2n) is 4.88. The normalized spacial score (nSPS) is 11.1. The molecule has 0 saturated heterocycles. The van der Waals surface area contributed by atoms with Crippen molar-refractivity contribution in [2.45, 2.75) is 33.0 Å². The van der Waals surface area contributed by atoms with Gasteiger partial charge in [-0.15, -0.1) is 0 Å². The smallest absolute Gasteiger partial charge is 0.317 e. The van der Waals surface area contributed by atoms with Gasteiger partial charge in [0, 0.05) is 18.7 Å². The summed E-state index contributed by atoms with van der Waals surface area (Å²) in [5.74, 6) is -0.0570. The molecule has 1 aromatic rings. The van der Waals surface area contributed by atoms with E-state index in [1.165, 1.54) is 0 Å². The highest BCUT2D eigenvalue weighted by Gasteiger charge is 2.09. The molecule has 19 heavy (non-hydrogen) atoms. The van der Waals surface area contributed by atoms with E-state index in [0.717, 1.165) is 16.9 Å². The average molecular weight is 266 g/mol. The van der Waals surface area contributed by atoms with Crippen LogP contribution in [0.15, 0.2) is 18.2 Å². The Hall–Kier alpha value is -1.59. The molecule has 5 heteroatoms. The predicted octanol–water partition coefficient (Wildman–Crippen LogP) is 1.45. The monoisotopic (exact) mass is 266 g/mol. The van der Waals surface area contributed by atoms with E-state index in [1.807, 2.05) is 32.0 Å². The summed E-state index contributed by atoms with van der Waals surface area (Å²) in [7, 11) is 1.77. The van der Waals surface area contributed by atoms with E-state index < -0.39 is 5.97 Å². The molecule has 0 bridgehead atoms. The maximum absolute atomic E-state index is 10.6. The van der Waals surface area contributed by atoms with Gasteiger partial charge in [0.2, 0.25) is 0 Å². The van der Waals surface area contributed by atoms with Crippen molar-refractivity contribution in [1.29, 1.82) is 0 Å². The summed E-state index contributed by atoms with van der Waals surface area (Å²) < 4.78 is 5.72. The summed E-state index contributed by atoms with van der Waals surface area (Å²) in [5.41, 5.74) is 7.64. The highest BCUT2D eigenvalue weighted by atomic mass is 16.5. The molecule has 0 amide bonds. The molecule has 0 spiro atoms. The van der Waals surface area contributed by atoms with Crippen LogP contribution in [0.25, 0.3) is 0 Å². The van der Waals surface area contributed by atoms with Gasteiger partial charge in [-0.25, -0.2) is 0 Å². The summed E-state index contributed by atoms with van der Waals surface area (Å²) in [6.07, 6.45) is 0.0808. The molecule has 0 aliphatic carbocycles. The lowest BCUT2D eigenvalue weighted by molar-refractivity contribution is -0.138. The van der Waals surface area contributed by atoms with E-state index in [0.29, 0.717) is 13.1 Å². The van der Waals surface area contributed by atoms with Crippen LogP contribution in [0.3, 0.4) is 0 Å². The third-order valence-electron chi connectivity index (χ3n) is 2.57. The molecule has 1 aromatic carbocycles. The Bertz CT molecular complexity index is 433. The minimum Gasteiger partial charge on any atom is -0.491 e. The summed E-state index contributed by atoms with van der Waals surface area (Å²) in [5, 5.41) is 8.73. The zero-order valence-electron chi connectivity index (χ0n) is 11.7. The van der Waals surface area contributed by atoms with Crippen LogP contribution >= 0.6 is 0 Å². The number of benzene rings is 1. The van der Waals surface area contributed by atoms with E-state index in [9.17, 15) is 4.79 Å². The molecule has 0 unspecified atom stereocenters. The molecule has 106 valence electrons. The summed E-state index contributed by atoms with van der Waals surface area (Å²) >= 11 is 0. The highest BCUT2D eigenvalue weighted by molar-refractivity contribution is 5.69. The topological polar surface area (TPSA) is 75.8 Å². The number of aliphatic carboxylic acids is 1. The zero-order chi connectivity index (χ0) is 14.4. The fourth-order valence-corrected chi connectivity index (χ4v) is 1.83. The van der Waals surface area contributed by atoms with Crippen LogP contribution in [0.1, 0.15) is 25.0 Å². The Balaban J connectivity index is 2.82. The number of hydrogen-bond acceptors (Lipinski definition) is 4. The number of carbonyl (C=O) groups is 1. The maximum Gasteiger partial charge on any atom is 0.317 e. The van der Waals surface area contributed by atoms with E-state index in [4.69, 9.17) is 15.6 Å². The molecule has 5 nitrogen and oxygen atoms in total. The Morgan fingerprint density at radius 3 is 2.68 bits per heavy atom. The van der Waals surface area contributed by atoms with Crippen molar-refractivity contribution in [3.8, 4) is 5.75 Å². The molecule has 0 atom stereocenters. The molecule has 0 heterocycles. The van der Waals surface area contributed by atoms with Crippen LogP contribution in [-0.2, 0) is 17.9 Å². The number of carboxylic acids is 1. The third kappa shape index (κ3) is 5.28. The molecule has 3 N–H and O–H groups in total. The van der Waals surface area contributed by atoms with Crippen molar-refractivity contribution in [2.24, 2.45) is 5.73 Å². The Morgan fingerprint density at radius 1 is 1.47 bits per heavy atom. The Labute approximate surface area is 114 Å². The van der Waals surface area contributed by atoms with Gasteiger partial charge in [-0.2, -0.15) is 0 Å². The quantitative estimate of drug-likeness (QED) is 0.781. The van der Waals surface area contributed by atoms with Gasteiger partial charge in [0.25, 0.3) is 0 Å². The summed E-state index contributed by atoms with van der Waals surface area (Å²) in [4.78, 5) is 12.4. The number of nitrogens with zero attached hydrogens (tertiary/aromatic N) is 1. The lowest BCUT2D eigenvalue weighted by Gasteiger charge is -2.17. The van der Waals surface area contributed by atoms with Gasteiger partial charge in [-0.3, -0.25) is 9.69 Å². The first kappa shape index (κ1) is 15.5. The number of ether oxygens (including phenoxy) is 1. The molecule has 0 aliphatic rings. The van der Waals surface area contributed by atoms with E-state index in [-0.39, 0.29) is 12.6 Å². The van der Waals surface area contributed by atoms with E-state index in [1.54, 1.807) is 11.9 Å². The van der Waals surface area contributed by atoms with Crippen molar-refractivity contribution in [1.82, 2.24) is 4.90 Å².